The average Bonchev–Trinajstić information content (AvgIpc) is 2.83. The van der Waals surface area contributed by atoms with Gasteiger partial charge in [0.2, 0.25) is 0 Å². The Morgan fingerprint density at radius 2 is 2.08 bits per heavy atom. The number of thioether (sulfide) groups is 1. The van der Waals surface area contributed by atoms with Gasteiger partial charge in [0.25, 0.3) is 11.6 Å². The summed E-state index contributed by atoms with van der Waals surface area (Å²) in [5, 5.41) is 4.39. The lowest BCUT2D eigenvalue weighted by atomic mass is 10.1. The Balaban J connectivity index is 2.39. The van der Waals surface area contributed by atoms with Crippen LogP contribution in [0, 0.1) is 0 Å². The first-order valence-electron chi connectivity index (χ1n) is 7.21. The molecule has 0 aromatic carbocycles. The molecule has 1 aliphatic heterocycles. The molecule has 1 aromatic heterocycles. The lowest BCUT2D eigenvalue weighted by Crippen LogP contribution is -2.30. The number of hydrogen-bond acceptors (Lipinski definition) is 6. The van der Waals surface area contributed by atoms with E-state index >= 15 is 0 Å². The fourth-order valence-electron chi connectivity index (χ4n) is 2.21. The van der Waals surface area contributed by atoms with Gasteiger partial charge in [-0.1, -0.05) is 5.16 Å². The zero-order valence-electron chi connectivity index (χ0n) is 13.7. The molecule has 0 atom stereocenters. The van der Waals surface area contributed by atoms with Crippen LogP contribution < -0.4 is 10.3 Å². The third-order valence-electron chi connectivity index (χ3n) is 3.35. The highest BCUT2D eigenvalue weighted by Crippen LogP contribution is 2.34. The monoisotopic (exact) mass is 365 g/mol. The molecular weight excluding hydrogens is 347 g/mol. The van der Waals surface area contributed by atoms with Crippen LogP contribution in [0.5, 0.6) is 6.01 Å². The first-order valence-corrected chi connectivity index (χ1v) is 8.20. The molecular formula is C14H18F3N3O3S. The summed E-state index contributed by atoms with van der Waals surface area (Å²) in [6, 6.07) is -0.355. The number of aromatic nitrogens is 2. The Morgan fingerprint density at radius 1 is 1.42 bits per heavy atom. The van der Waals surface area contributed by atoms with Crippen LogP contribution in [-0.4, -0.2) is 27.3 Å². The molecule has 1 aliphatic rings. The zero-order chi connectivity index (χ0) is 18.1. The summed E-state index contributed by atoms with van der Waals surface area (Å²) in [7, 11) is 1.18. The minimum absolute atomic E-state index is 0.155. The molecule has 1 aromatic rings. The minimum atomic E-state index is -4.75. The highest BCUT2D eigenvalue weighted by molar-refractivity contribution is 8.13. The topological polar surface area (TPSA) is 65.7 Å². The number of rotatable bonds is 4. The van der Waals surface area contributed by atoms with Crippen molar-refractivity contribution in [2.45, 2.75) is 51.3 Å². The first-order chi connectivity index (χ1) is 11.1. The summed E-state index contributed by atoms with van der Waals surface area (Å²) >= 11 is 1.05. The molecule has 10 heteroatoms. The van der Waals surface area contributed by atoms with E-state index in [1.54, 1.807) is 6.92 Å². The van der Waals surface area contributed by atoms with Crippen molar-refractivity contribution in [1.82, 2.24) is 9.55 Å². The fourth-order valence-corrected chi connectivity index (χ4v) is 3.32. The SMILES string of the molecule is CCn1c(OC)nc(C(F)(F)F)c(CSC2=NOC(C)(C)C2)c1=O. The van der Waals surface area contributed by atoms with Gasteiger partial charge in [0.05, 0.1) is 12.7 Å². The van der Waals surface area contributed by atoms with E-state index in [0.29, 0.717) is 11.5 Å². The van der Waals surface area contributed by atoms with Gasteiger partial charge in [0.15, 0.2) is 5.69 Å². The number of nitrogens with zero attached hydrogens (tertiary/aromatic N) is 3. The standard InChI is InChI=1S/C14H18F3N3O3S/c1-5-20-11(21)8(7-24-9-6-13(2,3)23-19-9)10(14(15,16)17)18-12(20)22-4/h5-7H2,1-4H3. The molecule has 0 radical (unpaired) electrons. The highest BCUT2D eigenvalue weighted by Gasteiger charge is 2.39. The number of oxime groups is 1. The predicted molar refractivity (Wildman–Crippen MR) is 84.2 cm³/mol. The van der Waals surface area contributed by atoms with Crippen molar-refractivity contribution in [1.29, 1.82) is 0 Å². The van der Waals surface area contributed by atoms with Crippen LogP contribution in [0.4, 0.5) is 13.2 Å². The van der Waals surface area contributed by atoms with Crippen LogP contribution in [-0.2, 0) is 23.3 Å². The van der Waals surface area contributed by atoms with Crippen molar-refractivity contribution in [3.8, 4) is 6.01 Å². The van der Waals surface area contributed by atoms with Gasteiger partial charge in [-0.05, 0) is 20.8 Å². The Kier molecular flexibility index (Phi) is 5.17. The zero-order valence-corrected chi connectivity index (χ0v) is 14.5. The molecule has 6 nitrogen and oxygen atoms in total. The van der Waals surface area contributed by atoms with Gasteiger partial charge >= 0.3 is 6.18 Å². The molecule has 2 rings (SSSR count). The van der Waals surface area contributed by atoms with Crippen LogP contribution in [0.2, 0.25) is 0 Å². The molecule has 0 N–H and O–H groups in total. The van der Waals surface area contributed by atoms with Crippen molar-refractivity contribution < 1.29 is 22.7 Å². The maximum Gasteiger partial charge on any atom is 0.434 e. The second-order valence-electron chi connectivity index (χ2n) is 5.77. The summed E-state index contributed by atoms with van der Waals surface area (Å²) in [6.45, 7) is 5.43. The molecule has 2 heterocycles. The van der Waals surface area contributed by atoms with Gasteiger partial charge in [-0.25, -0.2) is 0 Å². The van der Waals surface area contributed by atoms with E-state index in [1.165, 1.54) is 7.11 Å². The smallest absolute Gasteiger partial charge is 0.434 e. The maximum absolute atomic E-state index is 13.3. The number of hydrogen-bond donors (Lipinski definition) is 0. The molecule has 0 unspecified atom stereocenters. The van der Waals surface area contributed by atoms with Crippen LogP contribution in [0.15, 0.2) is 9.95 Å². The van der Waals surface area contributed by atoms with Crippen LogP contribution >= 0.6 is 11.8 Å². The van der Waals surface area contributed by atoms with Gasteiger partial charge in [-0.15, -0.1) is 11.8 Å². The van der Waals surface area contributed by atoms with Crippen LogP contribution in [0.25, 0.3) is 0 Å². The summed E-state index contributed by atoms with van der Waals surface area (Å²) in [4.78, 5) is 21.1. The largest absolute Gasteiger partial charge is 0.468 e. The van der Waals surface area contributed by atoms with E-state index in [9.17, 15) is 18.0 Å². The maximum atomic E-state index is 13.3. The number of alkyl halides is 3. The Hall–Kier alpha value is -1.71. The van der Waals surface area contributed by atoms with E-state index < -0.39 is 28.6 Å². The summed E-state index contributed by atoms with van der Waals surface area (Å²) in [5.74, 6) is -0.192. The van der Waals surface area contributed by atoms with Gasteiger partial charge in [0, 0.05) is 18.7 Å². The van der Waals surface area contributed by atoms with Crippen molar-refractivity contribution >= 4 is 16.8 Å². The summed E-state index contributed by atoms with van der Waals surface area (Å²) < 4.78 is 45.7. The normalized spacial score (nSPS) is 16.7. The molecule has 24 heavy (non-hydrogen) atoms. The minimum Gasteiger partial charge on any atom is -0.468 e. The predicted octanol–water partition coefficient (Wildman–Crippen LogP) is 3.04. The van der Waals surface area contributed by atoms with Gasteiger partial charge in [-0.2, -0.15) is 18.2 Å². The Bertz CT molecular complexity index is 714. The Morgan fingerprint density at radius 3 is 2.54 bits per heavy atom. The molecule has 0 bridgehead atoms. The summed E-state index contributed by atoms with van der Waals surface area (Å²) in [5.41, 5.74) is -2.89. The van der Waals surface area contributed by atoms with Crippen LogP contribution in [0.1, 0.15) is 38.4 Å². The molecule has 0 aliphatic carbocycles. The molecule has 0 spiro atoms. The highest BCUT2D eigenvalue weighted by atomic mass is 32.2. The first kappa shape index (κ1) is 18.6. The van der Waals surface area contributed by atoms with E-state index in [4.69, 9.17) is 9.57 Å². The average molecular weight is 365 g/mol. The van der Waals surface area contributed by atoms with Crippen molar-refractivity contribution in [2.75, 3.05) is 7.11 Å². The number of methoxy groups -OCH3 is 1. The van der Waals surface area contributed by atoms with E-state index in [2.05, 4.69) is 10.1 Å². The molecule has 0 saturated heterocycles. The van der Waals surface area contributed by atoms with Crippen molar-refractivity contribution in [3.05, 3.63) is 21.6 Å². The van der Waals surface area contributed by atoms with Crippen molar-refractivity contribution in [2.24, 2.45) is 5.16 Å². The van der Waals surface area contributed by atoms with E-state index in [0.717, 1.165) is 16.3 Å². The lowest BCUT2D eigenvalue weighted by molar-refractivity contribution is -0.142. The van der Waals surface area contributed by atoms with Gasteiger partial charge < -0.3 is 9.57 Å². The van der Waals surface area contributed by atoms with Crippen LogP contribution in [0.3, 0.4) is 0 Å². The number of halogens is 3. The molecule has 134 valence electrons. The molecule has 0 amide bonds. The molecule has 0 saturated carbocycles. The fraction of sp³-hybridized carbons (Fsp3) is 0.643. The summed E-state index contributed by atoms with van der Waals surface area (Å²) in [6.07, 6.45) is -4.27. The molecule has 0 fully saturated rings. The van der Waals surface area contributed by atoms with E-state index in [1.807, 2.05) is 13.8 Å². The third-order valence-corrected chi connectivity index (χ3v) is 4.33. The number of ether oxygens (including phenoxy) is 1. The van der Waals surface area contributed by atoms with Gasteiger partial charge in [0.1, 0.15) is 10.6 Å². The third kappa shape index (κ3) is 3.85. The Labute approximate surface area is 141 Å². The van der Waals surface area contributed by atoms with E-state index in [-0.39, 0.29) is 18.3 Å². The van der Waals surface area contributed by atoms with Gasteiger partial charge in [-0.3, -0.25) is 9.36 Å². The van der Waals surface area contributed by atoms with Crippen molar-refractivity contribution in [3.63, 3.8) is 0 Å². The second-order valence-corrected chi connectivity index (χ2v) is 6.82. The second kappa shape index (κ2) is 6.66. The quantitative estimate of drug-likeness (QED) is 0.821. The lowest BCUT2D eigenvalue weighted by Gasteiger charge is -2.16.